The van der Waals surface area contributed by atoms with E-state index in [9.17, 15) is 19.2 Å². The minimum absolute atomic E-state index is 0.0101. The van der Waals surface area contributed by atoms with Gasteiger partial charge in [0.1, 0.15) is 0 Å². The van der Waals surface area contributed by atoms with Gasteiger partial charge in [0.25, 0.3) is 5.56 Å². The summed E-state index contributed by atoms with van der Waals surface area (Å²) in [6.45, 7) is 6.71. The average Bonchev–Trinajstić information content (AvgIpc) is 2.87. The molecule has 0 bridgehead atoms. The van der Waals surface area contributed by atoms with Crippen LogP contribution in [0.1, 0.15) is 32.9 Å². The molecule has 1 radical (unpaired) electrons. The van der Waals surface area contributed by atoms with E-state index >= 15 is 0 Å². The lowest BCUT2D eigenvalue weighted by molar-refractivity contribution is -0.169. The zero-order valence-electron chi connectivity index (χ0n) is 14.7. The van der Waals surface area contributed by atoms with Gasteiger partial charge in [-0.1, -0.05) is 19.0 Å². The summed E-state index contributed by atoms with van der Waals surface area (Å²) in [7, 11) is 0. The third kappa shape index (κ3) is 4.18. The molecule has 27 heavy (non-hydrogen) atoms. The van der Waals surface area contributed by atoms with Crippen LogP contribution in [0.5, 0.6) is 0 Å². The normalized spacial score (nSPS) is 26.9. The molecule has 0 spiro atoms. The molecule has 0 aromatic carbocycles. The SMILES string of the molecule is [CH2][C@@]1(N=[N+]=[N-])O[C@@H](n2ccc(=O)[nH]c2=O)[C@H](OC(=O)CC)[C@@H]1OC(=O)CC. The van der Waals surface area contributed by atoms with Crippen molar-refractivity contribution in [1.29, 1.82) is 0 Å². The second kappa shape index (κ2) is 8.06. The van der Waals surface area contributed by atoms with Crippen LogP contribution in [-0.2, 0) is 23.8 Å². The van der Waals surface area contributed by atoms with E-state index < -0.39 is 47.3 Å². The molecule has 145 valence electrons. The first kappa shape index (κ1) is 20.2. The molecule has 2 rings (SSSR count). The standard InChI is InChI=1S/C15H18N5O7/c1-4-9(22)25-11-12(26-10(23)5-2)15(3,18-19-16)27-13(11)20-7-6-8(21)17-14(20)24/h6-7,11-13H,3-5H2,1-2H3,(H,17,21,24)/t11-,12+,13-,15-/m1/s1. The van der Waals surface area contributed by atoms with Crippen molar-refractivity contribution >= 4 is 11.9 Å². The lowest BCUT2D eigenvalue weighted by atomic mass is 10.1. The number of carbonyl (C=O) groups excluding carboxylic acids is 2. The fourth-order valence-electron chi connectivity index (χ4n) is 2.49. The van der Waals surface area contributed by atoms with Crippen LogP contribution in [0.3, 0.4) is 0 Å². The van der Waals surface area contributed by atoms with Gasteiger partial charge in [0.05, 0.1) is 0 Å². The number of aromatic amines is 1. The van der Waals surface area contributed by atoms with E-state index in [-0.39, 0.29) is 12.8 Å². The molecule has 1 aromatic rings. The quantitative estimate of drug-likeness (QED) is 0.325. The Bertz CT molecular complexity index is 887. The molecule has 1 N–H and O–H groups in total. The van der Waals surface area contributed by atoms with Gasteiger partial charge >= 0.3 is 17.6 Å². The Labute approximate surface area is 152 Å². The summed E-state index contributed by atoms with van der Waals surface area (Å²) in [5.74, 6) is -1.36. The van der Waals surface area contributed by atoms with Gasteiger partial charge in [-0.05, 0) is 12.5 Å². The predicted molar refractivity (Wildman–Crippen MR) is 89.0 cm³/mol. The van der Waals surface area contributed by atoms with Gasteiger partial charge in [-0.3, -0.25) is 23.9 Å². The maximum Gasteiger partial charge on any atom is 0.330 e. The summed E-state index contributed by atoms with van der Waals surface area (Å²) in [6.07, 6.45) is -3.04. The molecule has 0 unspecified atom stereocenters. The molecular weight excluding hydrogens is 362 g/mol. The van der Waals surface area contributed by atoms with Crippen molar-refractivity contribution in [2.24, 2.45) is 5.11 Å². The van der Waals surface area contributed by atoms with Crippen molar-refractivity contribution in [1.82, 2.24) is 9.55 Å². The Morgan fingerprint density at radius 1 is 1.37 bits per heavy atom. The van der Waals surface area contributed by atoms with Crippen molar-refractivity contribution in [2.75, 3.05) is 0 Å². The number of ether oxygens (including phenoxy) is 3. The first-order valence-corrected chi connectivity index (χ1v) is 8.05. The number of nitrogens with one attached hydrogen (secondary N) is 1. The molecule has 1 aliphatic heterocycles. The van der Waals surface area contributed by atoms with Crippen LogP contribution in [0.2, 0.25) is 0 Å². The van der Waals surface area contributed by atoms with Gasteiger partial charge in [-0.15, -0.1) is 0 Å². The van der Waals surface area contributed by atoms with Crippen molar-refractivity contribution in [3.05, 3.63) is 50.5 Å². The van der Waals surface area contributed by atoms with Gasteiger partial charge < -0.3 is 14.2 Å². The Balaban J connectivity index is 2.57. The van der Waals surface area contributed by atoms with Crippen molar-refractivity contribution in [2.45, 2.75) is 50.8 Å². The topological polar surface area (TPSA) is 165 Å². The van der Waals surface area contributed by atoms with E-state index in [1.54, 1.807) is 0 Å². The summed E-state index contributed by atoms with van der Waals surface area (Å²) >= 11 is 0. The Morgan fingerprint density at radius 2 is 2.00 bits per heavy atom. The van der Waals surface area contributed by atoms with E-state index in [4.69, 9.17) is 19.7 Å². The number of azide groups is 1. The van der Waals surface area contributed by atoms with Crippen LogP contribution in [-0.4, -0.2) is 39.4 Å². The Kier molecular flexibility index (Phi) is 6.03. The number of hydrogen-bond donors (Lipinski definition) is 1. The molecular formula is C15H18N5O7. The highest BCUT2D eigenvalue weighted by Crippen LogP contribution is 2.41. The molecule has 0 aliphatic carbocycles. The third-order valence-corrected chi connectivity index (χ3v) is 3.79. The van der Waals surface area contributed by atoms with Crippen LogP contribution in [0.4, 0.5) is 0 Å². The van der Waals surface area contributed by atoms with Crippen LogP contribution in [0.15, 0.2) is 27.0 Å². The Morgan fingerprint density at radius 3 is 2.56 bits per heavy atom. The van der Waals surface area contributed by atoms with E-state index in [2.05, 4.69) is 16.9 Å². The van der Waals surface area contributed by atoms with Crippen molar-refractivity contribution in [3.63, 3.8) is 0 Å². The maximum atomic E-state index is 12.1. The fourth-order valence-corrected chi connectivity index (χ4v) is 2.49. The van der Waals surface area contributed by atoms with Crippen molar-refractivity contribution in [3.8, 4) is 0 Å². The largest absolute Gasteiger partial charge is 0.455 e. The molecule has 12 nitrogen and oxygen atoms in total. The van der Waals surface area contributed by atoms with Gasteiger partial charge in [-0.2, -0.15) is 0 Å². The Hall–Kier alpha value is -3.11. The van der Waals surface area contributed by atoms with Crippen molar-refractivity contribution < 1.29 is 23.8 Å². The molecule has 1 fully saturated rings. The van der Waals surface area contributed by atoms with Gasteiger partial charge in [0, 0.05) is 30.0 Å². The predicted octanol–water partition coefficient (Wildman–Crippen LogP) is 0.550. The number of rotatable bonds is 6. The molecule has 12 heteroatoms. The van der Waals surface area contributed by atoms with Crippen LogP contribution >= 0.6 is 0 Å². The first-order valence-electron chi connectivity index (χ1n) is 8.05. The summed E-state index contributed by atoms with van der Waals surface area (Å²) in [6, 6.07) is 1.05. The summed E-state index contributed by atoms with van der Waals surface area (Å²) in [5.41, 5.74) is 5.32. The second-order valence-corrected chi connectivity index (χ2v) is 5.63. The second-order valence-electron chi connectivity index (χ2n) is 5.63. The highest BCUT2D eigenvalue weighted by Gasteiger charge is 2.57. The van der Waals surface area contributed by atoms with Crippen LogP contribution in [0, 0.1) is 6.92 Å². The molecule has 2 heterocycles. The van der Waals surface area contributed by atoms with E-state index in [1.807, 2.05) is 4.98 Å². The lowest BCUT2D eigenvalue weighted by Gasteiger charge is -2.26. The highest BCUT2D eigenvalue weighted by atomic mass is 16.7. The number of nitrogens with zero attached hydrogens (tertiary/aromatic N) is 4. The molecule has 1 aromatic heterocycles. The van der Waals surface area contributed by atoms with E-state index in [0.29, 0.717) is 0 Å². The van der Waals surface area contributed by atoms with E-state index in [0.717, 1.165) is 16.8 Å². The number of carbonyl (C=O) groups is 2. The number of aromatic nitrogens is 2. The fraction of sp³-hybridized carbons (Fsp3) is 0.533. The minimum Gasteiger partial charge on any atom is -0.455 e. The molecule has 0 amide bonds. The first-order chi connectivity index (χ1) is 12.8. The molecule has 1 aliphatic rings. The average molecular weight is 380 g/mol. The molecule has 1 saturated heterocycles. The minimum atomic E-state index is -2.00. The maximum absolute atomic E-state index is 12.1. The summed E-state index contributed by atoms with van der Waals surface area (Å²) < 4.78 is 17.0. The third-order valence-electron chi connectivity index (χ3n) is 3.79. The van der Waals surface area contributed by atoms with E-state index in [1.165, 1.54) is 13.8 Å². The molecule has 4 atom stereocenters. The van der Waals surface area contributed by atoms with Gasteiger partial charge in [0.2, 0.25) is 0 Å². The summed E-state index contributed by atoms with van der Waals surface area (Å²) in [4.78, 5) is 51.8. The zero-order valence-corrected chi connectivity index (χ0v) is 14.7. The zero-order chi connectivity index (χ0) is 20.2. The monoisotopic (exact) mass is 380 g/mol. The molecule has 0 saturated carbocycles. The summed E-state index contributed by atoms with van der Waals surface area (Å²) in [5, 5.41) is 3.42. The smallest absolute Gasteiger partial charge is 0.330 e. The number of H-pyrrole nitrogens is 1. The number of hydrogen-bond acceptors (Lipinski definition) is 8. The van der Waals surface area contributed by atoms with Crippen LogP contribution < -0.4 is 11.2 Å². The van der Waals surface area contributed by atoms with Gasteiger partial charge in [-0.25, -0.2) is 4.79 Å². The van der Waals surface area contributed by atoms with Gasteiger partial charge in [0.15, 0.2) is 24.2 Å². The lowest BCUT2D eigenvalue weighted by Crippen LogP contribution is -2.45. The van der Waals surface area contributed by atoms with Crippen LogP contribution in [0.25, 0.3) is 10.4 Å². The number of esters is 2. The highest BCUT2D eigenvalue weighted by molar-refractivity contribution is 5.70.